The van der Waals surface area contributed by atoms with Crippen molar-refractivity contribution < 1.29 is 0 Å². The molecule has 0 nitrogen and oxygen atoms in total. The van der Waals surface area contributed by atoms with Crippen LogP contribution in [0.15, 0.2) is 66.6 Å². The van der Waals surface area contributed by atoms with E-state index in [9.17, 15) is 0 Å². The minimum Gasteiger partial charge on any atom is -0.0784 e. The lowest BCUT2D eigenvalue weighted by atomic mass is 9.25. The Bertz CT molecular complexity index is 930. The number of hydrogen-bond acceptors (Lipinski definition) is 0. The van der Waals surface area contributed by atoms with Gasteiger partial charge in [0, 0.05) is 16.2 Å². The molecule has 0 N–H and O–H groups in total. The van der Waals surface area contributed by atoms with Gasteiger partial charge in [0.15, 0.2) is 0 Å². The summed E-state index contributed by atoms with van der Waals surface area (Å²) < 4.78 is 0. The molecule has 3 rings (SSSR count). The first-order valence-electron chi connectivity index (χ1n) is 12.1. The second kappa shape index (κ2) is 7.00. The Morgan fingerprint density at radius 1 is 0.355 bits per heavy atom. The Kier molecular flexibility index (Phi) is 5.45. The lowest BCUT2D eigenvalue weighted by Gasteiger charge is -2.42. The monoisotopic (exact) mass is 416 g/mol. The van der Waals surface area contributed by atoms with Crippen LogP contribution in [0.1, 0.15) is 104 Å². The molecule has 0 bridgehead atoms. The molecule has 0 unspecified atom stereocenters. The van der Waals surface area contributed by atoms with Crippen molar-refractivity contribution in [2.75, 3.05) is 0 Å². The van der Waals surface area contributed by atoms with Crippen LogP contribution in [0.25, 0.3) is 0 Å². The number of allylic oxidation sites excluding steroid dienone is 12. The zero-order chi connectivity index (χ0) is 24.0. The second-order valence-corrected chi connectivity index (χ2v) is 12.2. The van der Waals surface area contributed by atoms with Crippen molar-refractivity contribution in [2.45, 2.75) is 104 Å². The Morgan fingerprint density at radius 3 is 0.677 bits per heavy atom. The minimum absolute atomic E-state index is 0.0698. The van der Waals surface area contributed by atoms with Gasteiger partial charge in [0.25, 0.3) is 0 Å². The Hall–Kier alpha value is -1.50. The van der Waals surface area contributed by atoms with E-state index in [4.69, 9.17) is 0 Å². The first-order chi connectivity index (χ1) is 13.9. The summed E-state index contributed by atoms with van der Waals surface area (Å²) in [6.07, 6.45) is 0. The molecule has 0 aromatic rings. The first kappa shape index (κ1) is 24.2. The highest BCUT2D eigenvalue weighted by Gasteiger charge is 2.53. The summed E-state index contributed by atoms with van der Waals surface area (Å²) in [6.45, 7) is 36.3. The van der Waals surface area contributed by atoms with Crippen molar-refractivity contribution in [1.82, 2.24) is 0 Å². The summed E-state index contributed by atoms with van der Waals surface area (Å²) in [5.41, 5.74) is 18.8. The van der Waals surface area contributed by atoms with Crippen molar-refractivity contribution in [2.24, 2.45) is 16.2 Å². The van der Waals surface area contributed by atoms with Crippen molar-refractivity contribution in [1.29, 1.82) is 0 Å². The normalized spacial score (nSPS) is 25.3. The van der Waals surface area contributed by atoms with Crippen LogP contribution in [0.4, 0.5) is 0 Å². The highest BCUT2D eigenvalue weighted by Crippen LogP contribution is 2.59. The van der Waals surface area contributed by atoms with Crippen LogP contribution >= 0.6 is 0 Å². The fraction of sp³-hybridized carbons (Fsp3) is 0.600. The fourth-order valence-corrected chi connectivity index (χ4v) is 7.03. The van der Waals surface area contributed by atoms with Gasteiger partial charge in [-0.3, -0.25) is 0 Å². The molecule has 31 heavy (non-hydrogen) atoms. The van der Waals surface area contributed by atoms with Gasteiger partial charge in [-0.1, -0.05) is 91.4 Å². The third kappa shape index (κ3) is 2.94. The quantitative estimate of drug-likeness (QED) is 0.402. The van der Waals surface area contributed by atoms with E-state index in [-0.39, 0.29) is 16.2 Å². The SMILES string of the molecule is CC1=C(C)C(C)(C)C(B(C2=C(C)C(C)=C(C)C2(C)C)C2=C(C)C(C)=C(C)C2(C)C)=C1C. The van der Waals surface area contributed by atoms with Gasteiger partial charge >= 0.3 is 0 Å². The second-order valence-electron chi connectivity index (χ2n) is 12.2. The van der Waals surface area contributed by atoms with Gasteiger partial charge in [-0.25, -0.2) is 0 Å². The molecule has 0 spiro atoms. The maximum absolute atomic E-state index is 2.46. The average Bonchev–Trinajstić information content (AvgIpc) is 2.99. The molecule has 0 radical (unpaired) electrons. The van der Waals surface area contributed by atoms with Crippen LogP contribution in [-0.4, -0.2) is 6.71 Å². The third-order valence-electron chi connectivity index (χ3n) is 10.3. The maximum Gasteiger partial charge on any atom is 0.231 e. The lowest BCUT2D eigenvalue weighted by Crippen LogP contribution is -2.41. The molecule has 1 heteroatoms. The Balaban J connectivity index is 2.44. The van der Waals surface area contributed by atoms with E-state index < -0.39 is 0 Å². The summed E-state index contributed by atoms with van der Waals surface area (Å²) in [7, 11) is 0. The standard InChI is InChI=1S/C30H45B/c1-16-19(4)25(28(10,11)22(16)7)31(26-20(5)17(2)23(8)29(26,12)13)27-21(6)18(3)24(9)30(27,14)15/h1-15H3. The van der Waals surface area contributed by atoms with Gasteiger partial charge in [0.05, 0.1) is 0 Å². The van der Waals surface area contributed by atoms with Gasteiger partial charge in [0.2, 0.25) is 6.71 Å². The summed E-state index contributed by atoms with van der Waals surface area (Å²) in [4.78, 5) is 0. The topological polar surface area (TPSA) is 0 Å². The molecule has 168 valence electrons. The van der Waals surface area contributed by atoms with Crippen LogP contribution in [-0.2, 0) is 0 Å². The summed E-state index contributed by atoms with van der Waals surface area (Å²) in [5, 5.41) is 0. The van der Waals surface area contributed by atoms with E-state index in [1.807, 2.05) is 0 Å². The molecule has 0 atom stereocenters. The van der Waals surface area contributed by atoms with Crippen molar-refractivity contribution in [3.8, 4) is 0 Å². The van der Waals surface area contributed by atoms with E-state index in [1.54, 1.807) is 16.4 Å². The molecule has 3 aliphatic rings. The van der Waals surface area contributed by atoms with Gasteiger partial charge < -0.3 is 0 Å². The molecule has 0 saturated carbocycles. The van der Waals surface area contributed by atoms with Crippen LogP contribution in [0.2, 0.25) is 0 Å². The molecule has 0 saturated heterocycles. The molecule has 0 aliphatic heterocycles. The van der Waals surface area contributed by atoms with E-state index in [0.717, 1.165) is 0 Å². The van der Waals surface area contributed by atoms with Gasteiger partial charge in [0.1, 0.15) is 0 Å². The van der Waals surface area contributed by atoms with E-state index in [1.165, 1.54) is 50.2 Å². The van der Waals surface area contributed by atoms with Gasteiger partial charge in [-0.15, -0.1) is 0 Å². The number of rotatable bonds is 3. The van der Waals surface area contributed by atoms with Crippen molar-refractivity contribution >= 4 is 6.71 Å². The number of hydrogen-bond donors (Lipinski definition) is 0. The fourth-order valence-electron chi connectivity index (χ4n) is 7.03. The predicted molar refractivity (Wildman–Crippen MR) is 140 cm³/mol. The van der Waals surface area contributed by atoms with Gasteiger partial charge in [-0.05, 0) is 79.0 Å². The van der Waals surface area contributed by atoms with E-state index in [0.29, 0.717) is 6.71 Å². The third-order valence-corrected chi connectivity index (χ3v) is 10.3. The van der Waals surface area contributed by atoms with Crippen LogP contribution in [0, 0.1) is 16.2 Å². The Morgan fingerprint density at radius 2 is 0.548 bits per heavy atom. The highest BCUT2D eigenvalue weighted by molar-refractivity contribution is 6.82. The largest absolute Gasteiger partial charge is 0.231 e. The van der Waals surface area contributed by atoms with Crippen LogP contribution in [0.5, 0.6) is 0 Å². The van der Waals surface area contributed by atoms with Gasteiger partial charge in [-0.2, -0.15) is 0 Å². The molecular formula is C30H45B. The zero-order valence-electron chi connectivity index (χ0n) is 23.1. The summed E-state index contributed by atoms with van der Waals surface area (Å²) in [6, 6.07) is 0. The van der Waals surface area contributed by atoms with Crippen LogP contribution in [0.3, 0.4) is 0 Å². The highest BCUT2D eigenvalue weighted by atomic mass is 14.4. The molecule has 0 fully saturated rings. The predicted octanol–water partition coefficient (Wildman–Crippen LogP) is 9.18. The van der Waals surface area contributed by atoms with E-state index in [2.05, 4.69) is 104 Å². The minimum atomic E-state index is 0.0698. The zero-order valence-corrected chi connectivity index (χ0v) is 23.1. The maximum atomic E-state index is 2.46. The van der Waals surface area contributed by atoms with Crippen molar-refractivity contribution in [3.05, 3.63) is 66.6 Å². The molecule has 0 aromatic carbocycles. The molecular weight excluding hydrogens is 371 g/mol. The van der Waals surface area contributed by atoms with Crippen LogP contribution < -0.4 is 0 Å². The summed E-state index contributed by atoms with van der Waals surface area (Å²) >= 11 is 0. The molecule has 0 heterocycles. The smallest absolute Gasteiger partial charge is 0.0784 e. The molecule has 3 aliphatic carbocycles. The Labute approximate surface area is 193 Å². The molecule has 0 amide bonds. The molecule has 0 aromatic heterocycles. The lowest BCUT2D eigenvalue weighted by molar-refractivity contribution is 0.541. The average molecular weight is 417 g/mol. The van der Waals surface area contributed by atoms with E-state index >= 15 is 0 Å². The van der Waals surface area contributed by atoms with Crippen molar-refractivity contribution in [3.63, 3.8) is 0 Å². The summed E-state index contributed by atoms with van der Waals surface area (Å²) in [5.74, 6) is 0. The first-order valence-corrected chi connectivity index (χ1v) is 12.1.